The first-order valence-electron chi connectivity index (χ1n) is 22.6. The summed E-state index contributed by atoms with van der Waals surface area (Å²) in [6, 6.07) is 0. The zero-order valence-corrected chi connectivity index (χ0v) is 42.5. The number of phosphoric ester groups is 3. The van der Waals surface area contributed by atoms with Gasteiger partial charge in [-0.3, -0.25) is 32.5 Å². The number of anilines is 1. The van der Waals surface area contributed by atoms with Gasteiger partial charge in [0.15, 0.2) is 22.8 Å². The number of amides is 2. The summed E-state index contributed by atoms with van der Waals surface area (Å²) in [5.74, 6) is -1.08. The Balaban J connectivity index is 1.30. The zero-order valence-electron chi connectivity index (χ0n) is 39.0. The van der Waals surface area contributed by atoms with E-state index in [0.717, 1.165) is 61.1 Å². The fourth-order valence-corrected chi connectivity index (χ4v) is 10.1. The van der Waals surface area contributed by atoms with E-state index in [4.69, 9.17) is 19.5 Å². The minimum atomic E-state index is -5.58. The number of hydrogen-bond acceptors (Lipinski definition) is 18. The molecule has 390 valence electrons. The van der Waals surface area contributed by atoms with Crippen LogP contribution in [0, 0.1) is 5.41 Å². The lowest BCUT2D eigenvalue weighted by Crippen LogP contribution is -2.46. The van der Waals surface area contributed by atoms with Crippen molar-refractivity contribution in [3.8, 4) is 0 Å². The van der Waals surface area contributed by atoms with Crippen LogP contribution in [-0.4, -0.2) is 123 Å². The molecule has 2 amide bonds. The number of nitrogens with zero attached hydrogens (tertiary/aromatic N) is 4. The first kappa shape index (κ1) is 60.1. The maximum Gasteiger partial charge on any atom is 0.481 e. The number of rotatable bonds is 34. The maximum atomic E-state index is 12.7. The first-order valence-corrected chi connectivity index (χ1v) is 28.1. The summed E-state index contributed by atoms with van der Waals surface area (Å²) in [5.41, 5.74) is 4.28. The molecule has 1 aliphatic rings. The molecule has 10 N–H and O–H groups in total. The van der Waals surface area contributed by atoms with E-state index in [9.17, 15) is 57.9 Å². The van der Waals surface area contributed by atoms with Gasteiger partial charge in [0.25, 0.3) is 0 Å². The maximum absolute atomic E-state index is 12.7. The van der Waals surface area contributed by atoms with Gasteiger partial charge < -0.3 is 50.9 Å². The van der Waals surface area contributed by atoms with Crippen LogP contribution in [0.2, 0.25) is 0 Å². The molecular formula is C41H68N7O17P3S. The van der Waals surface area contributed by atoms with Gasteiger partial charge in [0.1, 0.15) is 36.3 Å². The molecule has 0 bridgehead atoms. The van der Waals surface area contributed by atoms with Crippen LogP contribution < -0.4 is 16.4 Å². The lowest BCUT2D eigenvalue weighted by atomic mass is 9.87. The van der Waals surface area contributed by atoms with E-state index in [1.807, 2.05) is 0 Å². The number of hydrogen-bond donors (Lipinski definition) is 9. The van der Waals surface area contributed by atoms with Gasteiger partial charge in [-0.2, -0.15) is 4.31 Å². The quantitative estimate of drug-likeness (QED) is 0.0252. The summed E-state index contributed by atoms with van der Waals surface area (Å²) in [4.78, 5) is 88.4. The number of aliphatic hydroxyl groups excluding tert-OH is 2. The fourth-order valence-electron chi connectivity index (χ4n) is 6.55. The SMILES string of the molecule is CCCCCCCC/C=C/C/C=C/C/C=C/CCCC(=O)SCCNC(=O)CCNC(=O)C(O)C(C)(C)COP(=O)(O)OP(=O)(O)OCC1OC(n2cnc3c(N)ncnc32)C(O)C1OP(=O)(O)O. The molecule has 0 aromatic carbocycles. The number of ether oxygens (including phenoxy) is 1. The van der Waals surface area contributed by atoms with Crippen molar-refractivity contribution in [2.45, 2.75) is 135 Å². The molecule has 24 nitrogen and oxygen atoms in total. The highest BCUT2D eigenvalue weighted by molar-refractivity contribution is 8.13. The number of carbonyl (C=O) groups is 3. The number of thioether (sulfide) groups is 1. The summed E-state index contributed by atoms with van der Waals surface area (Å²) < 4.78 is 62.4. The van der Waals surface area contributed by atoms with Crippen molar-refractivity contribution in [1.82, 2.24) is 30.2 Å². The van der Waals surface area contributed by atoms with Gasteiger partial charge >= 0.3 is 23.5 Å². The topological polar surface area (TPSA) is 364 Å². The van der Waals surface area contributed by atoms with Crippen molar-refractivity contribution < 1.29 is 80.5 Å². The Morgan fingerprint density at radius 1 is 0.884 bits per heavy atom. The molecule has 3 rings (SSSR count). The minimum Gasteiger partial charge on any atom is -0.386 e. The highest BCUT2D eigenvalue weighted by Gasteiger charge is 2.50. The molecule has 28 heteroatoms. The van der Waals surface area contributed by atoms with Crippen LogP contribution in [0.5, 0.6) is 0 Å². The van der Waals surface area contributed by atoms with Crippen molar-refractivity contribution in [3.63, 3.8) is 0 Å². The Morgan fingerprint density at radius 2 is 1.52 bits per heavy atom. The molecule has 2 aromatic heterocycles. The highest BCUT2D eigenvalue weighted by Crippen LogP contribution is 2.61. The van der Waals surface area contributed by atoms with Crippen molar-refractivity contribution >= 4 is 69.1 Å². The van der Waals surface area contributed by atoms with Crippen molar-refractivity contribution in [2.75, 3.05) is 37.8 Å². The summed E-state index contributed by atoms with van der Waals surface area (Å²) in [5, 5.41) is 26.6. The number of unbranched alkanes of at least 4 members (excludes halogenated alkanes) is 7. The van der Waals surface area contributed by atoms with Gasteiger partial charge in [0.05, 0.1) is 19.5 Å². The molecule has 1 fully saturated rings. The molecule has 7 atom stereocenters. The van der Waals surface area contributed by atoms with Crippen LogP contribution in [0.3, 0.4) is 0 Å². The van der Waals surface area contributed by atoms with Crippen LogP contribution in [0.1, 0.15) is 110 Å². The molecule has 0 saturated carbocycles. The molecule has 2 aromatic rings. The first-order chi connectivity index (χ1) is 32.6. The minimum absolute atomic E-state index is 0.0159. The molecule has 1 saturated heterocycles. The van der Waals surface area contributed by atoms with Crippen LogP contribution >= 0.6 is 35.2 Å². The molecule has 0 radical (unpaired) electrons. The molecular weight excluding hydrogens is 987 g/mol. The Hall–Kier alpha value is -3.22. The number of fused-ring (bicyclic) bond motifs is 1. The number of imidazole rings is 1. The highest BCUT2D eigenvalue weighted by atomic mass is 32.2. The third kappa shape index (κ3) is 22.8. The molecule has 0 aliphatic carbocycles. The summed E-state index contributed by atoms with van der Waals surface area (Å²) >= 11 is 1.12. The number of nitrogens with two attached hydrogens (primary N) is 1. The second-order valence-corrected chi connectivity index (χ2v) is 22.0. The Morgan fingerprint density at radius 3 is 2.20 bits per heavy atom. The van der Waals surface area contributed by atoms with Crippen LogP contribution in [0.4, 0.5) is 5.82 Å². The predicted octanol–water partition coefficient (Wildman–Crippen LogP) is 5.03. The van der Waals surface area contributed by atoms with E-state index in [1.54, 1.807) is 0 Å². The molecule has 0 spiro atoms. The largest absolute Gasteiger partial charge is 0.481 e. The number of aliphatic hydroxyl groups is 2. The summed E-state index contributed by atoms with van der Waals surface area (Å²) in [7, 11) is -16.4. The van der Waals surface area contributed by atoms with E-state index in [1.165, 1.54) is 52.4 Å². The molecule has 7 unspecified atom stereocenters. The smallest absolute Gasteiger partial charge is 0.386 e. The van der Waals surface area contributed by atoms with E-state index < -0.39 is 84.6 Å². The van der Waals surface area contributed by atoms with E-state index >= 15 is 0 Å². The third-order valence-electron chi connectivity index (χ3n) is 10.3. The summed E-state index contributed by atoms with van der Waals surface area (Å²) in [6.07, 6.45) is 18.6. The lowest BCUT2D eigenvalue weighted by Gasteiger charge is -2.30. The fraction of sp³-hybridized carbons (Fsp3) is 0.659. The number of phosphoric acid groups is 3. The molecule has 1 aliphatic heterocycles. The third-order valence-corrected chi connectivity index (χ3v) is 14.3. The normalized spacial score (nSPS) is 20.2. The molecule has 3 heterocycles. The van der Waals surface area contributed by atoms with Crippen LogP contribution in [0.25, 0.3) is 11.2 Å². The van der Waals surface area contributed by atoms with Gasteiger partial charge in [0.2, 0.25) is 11.8 Å². The van der Waals surface area contributed by atoms with Gasteiger partial charge in [0, 0.05) is 37.1 Å². The Labute approximate surface area is 405 Å². The van der Waals surface area contributed by atoms with Crippen molar-refractivity contribution in [1.29, 1.82) is 0 Å². The van der Waals surface area contributed by atoms with Crippen molar-refractivity contribution in [2.24, 2.45) is 5.41 Å². The van der Waals surface area contributed by atoms with Crippen LogP contribution in [0.15, 0.2) is 49.1 Å². The lowest BCUT2D eigenvalue weighted by molar-refractivity contribution is -0.137. The average Bonchev–Trinajstić information content (AvgIpc) is 3.84. The number of allylic oxidation sites excluding steroid dienone is 6. The van der Waals surface area contributed by atoms with Gasteiger partial charge in [-0.25, -0.2) is 28.6 Å². The van der Waals surface area contributed by atoms with Gasteiger partial charge in [-0.15, -0.1) is 0 Å². The van der Waals surface area contributed by atoms with Crippen LogP contribution in [-0.2, 0) is 50.7 Å². The van der Waals surface area contributed by atoms with Gasteiger partial charge in [-0.05, 0) is 38.5 Å². The number of carbonyl (C=O) groups excluding carboxylic acids is 3. The van der Waals surface area contributed by atoms with E-state index in [-0.39, 0.29) is 41.6 Å². The number of nitrogens with one attached hydrogen (secondary N) is 2. The second kappa shape index (κ2) is 30.0. The standard InChI is InChI=1S/C41H68N7O17P3S/c1-4-5-6-7-8-9-10-11-12-13-14-15-16-17-18-19-20-21-32(50)69-25-24-43-31(49)22-23-44-39(53)36(52)41(2,3)27-62-68(59,60)65-67(57,58)61-26-30-35(64-66(54,55)56)34(51)40(63-30)48-29-47-33-37(42)45-28-46-38(33)48/h11-12,14-15,17-18,28-30,34-36,40,51-52H,4-10,13,16,19-27H2,1-3H3,(H,43,49)(H,44,53)(H,57,58)(H,59,60)(H2,42,45,46)(H2,54,55,56)/b12-11+,15-14+,18-17+. The number of nitrogen functional groups attached to an aromatic ring is 1. The Kier molecular flexibility index (Phi) is 26.1. The second-order valence-electron chi connectivity index (χ2n) is 16.6. The predicted molar refractivity (Wildman–Crippen MR) is 256 cm³/mol. The summed E-state index contributed by atoms with van der Waals surface area (Å²) in [6.45, 7) is 2.75. The van der Waals surface area contributed by atoms with E-state index in [2.05, 4.69) is 77.8 Å². The number of aromatic nitrogens is 4. The monoisotopic (exact) mass is 1060 g/mol. The van der Waals surface area contributed by atoms with E-state index in [0.29, 0.717) is 12.2 Å². The zero-order chi connectivity index (χ0) is 51.1. The molecule has 69 heavy (non-hydrogen) atoms. The van der Waals surface area contributed by atoms with Crippen molar-refractivity contribution in [3.05, 3.63) is 49.1 Å². The average molecular weight is 1060 g/mol. The van der Waals surface area contributed by atoms with Gasteiger partial charge in [-0.1, -0.05) is 101 Å². The Bertz CT molecular complexity index is 2170.